The molecular weight excluding hydrogens is 330 g/mol. The largest absolute Gasteiger partial charge is 0.323 e. The molecule has 0 fully saturated rings. The maximum Gasteiger partial charge on any atom is 0.247 e. The number of fused-ring (bicyclic) bond motifs is 2. The predicted molar refractivity (Wildman–Crippen MR) is 87.1 cm³/mol. The van der Waals surface area contributed by atoms with Crippen molar-refractivity contribution in [1.29, 1.82) is 0 Å². The zero-order valence-corrected chi connectivity index (χ0v) is 12.9. The molecule has 0 bridgehead atoms. The first kappa shape index (κ1) is 15.3. The summed E-state index contributed by atoms with van der Waals surface area (Å²) in [5, 5.41) is 2.70. The fourth-order valence-corrected chi connectivity index (χ4v) is 2.87. The minimum atomic E-state index is -1.01. The Labute approximate surface area is 140 Å². The number of nitrogens with one attached hydrogen (secondary N) is 1. The molecule has 1 aliphatic rings. The van der Waals surface area contributed by atoms with E-state index >= 15 is 0 Å². The average molecular weight is 342 g/mol. The first-order chi connectivity index (χ1) is 12.0. The summed E-state index contributed by atoms with van der Waals surface area (Å²) in [6.07, 6.45) is 1.34. The summed E-state index contributed by atoms with van der Waals surface area (Å²) in [5.41, 5.74) is 1.70. The second kappa shape index (κ2) is 5.66. The summed E-state index contributed by atoms with van der Waals surface area (Å²) in [6.45, 7) is -0.255. The Bertz CT molecular complexity index is 1020. The van der Waals surface area contributed by atoms with Crippen molar-refractivity contribution in [3.8, 4) is 0 Å². The molecule has 2 heterocycles. The first-order valence-electron chi connectivity index (χ1n) is 7.52. The number of amides is 2. The van der Waals surface area contributed by atoms with Gasteiger partial charge in [-0.25, -0.2) is 13.8 Å². The molecule has 8 heteroatoms. The number of halogens is 2. The van der Waals surface area contributed by atoms with Crippen molar-refractivity contribution in [3.05, 3.63) is 54.4 Å². The van der Waals surface area contributed by atoms with Gasteiger partial charge in [-0.1, -0.05) is 12.1 Å². The van der Waals surface area contributed by atoms with Crippen molar-refractivity contribution in [2.24, 2.45) is 0 Å². The van der Waals surface area contributed by atoms with Crippen LogP contribution in [0.15, 0.2) is 42.7 Å². The highest BCUT2D eigenvalue weighted by molar-refractivity contribution is 6.09. The Kier molecular flexibility index (Phi) is 3.45. The van der Waals surface area contributed by atoms with Crippen LogP contribution in [-0.2, 0) is 16.1 Å². The highest BCUT2D eigenvalue weighted by Crippen LogP contribution is 2.29. The predicted octanol–water partition coefficient (Wildman–Crippen LogP) is 2.30. The molecule has 0 aliphatic carbocycles. The third-order valence-electron chi connectivity index (χ3n) is 4.04. The van der Waals surface area contributed by atoms with Gasteiger partial charge in [0.05, 0.1) is 28.7 Å². The van der Waals surface area contributed by atoms with Gasteiger partial charge in [0.2, 0.25) is 11.8 Å². The van der Waals surface area contributed by atoms with E-state index in [-0.39, 0.29) is 30.4 Å². The number of rotatable bonds is 2. The maximum absolute atomic E-state index is 13.5. The number of carbonyl (C=O) groups excluding carboxylic acids is 2. The Hall–Kier alpha value is -3.29. The molecule has 2 amide bonds. The highest BCUT2D eigenvalue weighted by Gasteiger charge is 2.27. The summed E-state index contributed by atoms with van der Waals surface area (Å²) in [7, 11) is 0. The standard InChI is InChI=1S/C17H12F2N4O2/c18-10-5-13-15(6-11(10)19)22(9-20-13)8-17(25)23-7-16(24)21-12-3-1-2-4-14(12)23/h1-6,9H,7-8H2,(H,21,24). The van der Waals surface area contributed by atoms with E-state index in [4.69, 9.17) is 0 Å². The fourth-order valence-electron chi connectivity index (χ4n) is 2.87. The lowest BCUT2D eigenvalue weighted by Crippen LogP contribution is -2.43. The van der Waals surface area contributed by atoms with Crippen LogP contribution in [0.25, 0.3) is 11.0 Å². The maximum atomic E-state index is 13.5. The number of hydrogen-bond acceptors (Lipinski definition) is 3. The highest BCUT2D eigenvalue weighted by atomic mass is 19.2. The molecule has 0 unspecified atom stereocenters. The molecule has 3 aromatic rings. The number of anilines is 2. The van der Waals surface area contributed by atoms with Crippen molar-refractivity contribution in [3.63, 3.8) is 0 Å². The summed E-state index contributed by atoms with van der Waals surface area (Å²) < 4.78 is 28.2. The third-order valence-corrected chi connectivity index (χ3v) is 4.04. The van der Waals surface area contributed by atoms with Crippen LogP contribution >= 0.6 is 0 Å². The number of nitrogens with zero attached hydrogens (tertiary/aromatic N) is 3. The van der Waals surface area contributed by atoms with Crippen LogP contribution < -0.4 is 10.2 Å². The van der Waals surface area contributed by atoms with Crippen molar-refractivity contribution in [2.45, 2.75) is 6.54 Å². The lowest BCUT2D eigenvalue weighted by atomic mass is 10.2. The molecule has 0 saturated heterocycles. The number of para-hydroxylation sites is 2. The molecule has 0 saturated carbocycles. The molecule has 0 radical (unpaired) electrons. The van der Waals surface area contributed by atoms with Crippen LogP contribution in [0, 0.1) is 11.6 Å². The Morgan fingerprint density at radius 1 is 1.20 bits per heavy atom. The number of hydrogen-bond donors (Lipinski definition) is 1. The molecule has 1 N–H and O–H groups in total. The lowest BCUT2D eigenvalue weighted by molar-refractivity contribution is -0.122. The minimum absolute atomic E-state index is 0.106. The minimum Gasteiger partial charge on any atom is -0.323 e. The van der Waals surface area contributed by atoms with Crippen molar-refractivity contribution in [1.82, 2.24) is 9.55 Å². The normalized spacial score (nSPS) is 13.7. The van der Waals surface area contributed by atoms with E-state index in [0.29, 0.717) is 16.9 Å². The van der Waals surface area contributed by atoms with E-state index < -0.39 is 11.6 Å². The zero-order valence-electron chi connectivity index (χ0n) is 12.9. The van der Waals surface area contributed by atoms with Crippen molar-refractivity contribution in [2.75, 3.05) is 16.8 Å². The average Bonchev–Trinajstić information content (AvgIpc) is 2.96. The third kappa shape index (κ3) is 2.61. The number of aromatic nitrogens is 2. The molecule has 0 atom stereocenters. The SMILES string of the molecule is O=C1CN(C(=O)Cn2cnc3cc(F)c(F)cc32)c2ccccc2N1. The number of carbonyl (C=O) groups is 2. The molecule has 1 aromatic heterocycles. The number of benzene rings is 2. The second-order valence-corrected chi connectivity index (χ2v) is 5.67. The van der Waals surface area contributed by atoms with E-state index in [9.17, 15) is 18.4 Å². The second-order valence-electron chi connectivity index (χ2n) is 5.67. The van der Waals surface area contributed by atoms with Gasteiger partial charge in [0, 0.05) is 12.1 Å². The van der Waals surface area contributed by atoms with Crippen LogP contribution in [-0.4, -0.2) is 27.9 Å². The molecule has 4 rings (SSSR count). The van der Waals surface area contributed by atoms with Crippen molar-refractivity contribution < 1.29 is 18.4 Å². The quantitative estimate of drug-likeness (QED) is 0.777. The van der Waals surface area contributed by atoms with E-state index in [1.165, 1.54) is 15.8 Å². The first-order valence-corrected chi connectivity index (χ1v) is 7.52. The topological polar surface area (TPSA) is 67.2 Å². The van der Waals surface area contributed by atoms with E-state index in [1.54, 1.807) is 24.3 Å². The van der Waals surface area contributed by atoms with Crippen LogP contribution in [0.1, 0.15) is 0 Å². The molecule has 126 valence electrons. The fraction of sp³-hybridized carbons (Fsp3) is 0.118. The molecular formula is C17H12F2N4O2. The van der Waals surface area contributed by atoms with Gasteiger partial charge < -0.3 is 9.88 Å². The molecule has 0 spiro atoms. The smallest absolute Gasteiger partial charge is 0.247 e. The lowest BCUT2D eigenvalue weighted by Gasteiger charge is -2.29. The van der Waals surface area contributed by atoms with Gasteiger partial charge in [-0.05, 0) is 12.1 Å². The summed E-state index contributed by atoms with van der Waals surface area (Å²) in [6, 6.07) is 8.94. The van der Waals surface area contributed by atoms with Crippen LogP contribution in [0.4, 0.5) is 20.2 Å². The zero-order chi connectivity index (χ0) is 17.6. The monoisotopic (exact) mass is 342 g/mol. The van der Waals surface area contributed by atoms with Crippen LogP contribution in [0.2, 0.25) is 0 Å². The van der Waals surface area contributed by atoms with E-state index in [0.717, 1.165) is 12.1 Å². The van der Waals surface area contributed by atoms with Gasteiger partial charge >= 0.3 is 0 Å². The molecule has 6 nitrogen and oxygen atoms in total. The van der Waals surface area contributed by atoms with E-state index in [2.05, 4.69) is 10.3 Å². The molecule has 1 aliphatic heterocycles. The van der Waals surface area contributed by atoms with Crippen LogP contribution in [0.5, 0.6) is 0 Å². The summed E-state index contributed by atoms with van der Waals surface area (Å²) >= 11 is 0. The van der Waals surface area contributed by atoms with Gasteiger partial charge in [0.1, 0.15) is 13.1 Å². The van der Waals surface area contributed by atoms with Gasteiger partial charge in [0.15, 0.2) is 11.6 Å². The van der Waals surface area contributed by atoms with Gasteiger partial charge in [0.25, 0.3) is 0 Å². The Balaban J connectivity index is 1.67. The number of imidazole rings is 1. The molecule has 25 heavy (non-hydrogen) atoms. The van der Waals surface area contributed by atoms with Gasteiger partial charge in [-0.3, -0.25) is 14.5 Å². The summed E-state index contributed by atoms with van der Waals surface area (Å²) in [4.78, 5) is 29.9. The Morgan fingerprint density at radius 2 is 1.96 bits per heavy atom. The Morgan fingerprint density at radius 3 is 2.80 bits per heavy atom. The van der Waals surface area contributed by atoms with E-state index in [1.807, 2.05) is 0 Å². The molecule has 2 aromatic carbocycles. The van der Waals surface area contributed by atoms with Gasteiger partial charge in [-0.15, -0.1) is 0 Å². The van der Waals surface area contributed by atoms with Crippen molar-refractivity contribution >= 4 is 34.2 Å². The van der Waals surface area contributed by atoms with Crippen LogP contribution in [0.3, 0.4) is 0 Å². The summed E-state index contributed by atoms with van der Waals surface area (Å²) in [5.74, 6) is -2.66. The van der Waals surface area contributed by atoms with Gasteiger partial charge in [-0.2, -0.15) is 0 Å².